The van der Waals surface area contributed by atoms with E-state index in [0.717, 1.165) is 13.1 Å². The van der Waals surface area contributed by atoms with Crippen molar-refractivity contribution < 1.29 is 0 Å². The van der Waals surface area contributed by atoms with Crippen LogP contribution in [0.2, 0.25) is 0 Å². The van der Waals surface area contributed by atoms with Crippen molar-refractivity contribution in [1.82, 2.24) is 0 Å². The van der Waals surface area contributed by atoms with E-state index in [1.54, 1.807) is 0 Å². The Labute approximate surface area is 111 Å². The zero-order valence-electron chi connectivity index (χ0n) is 11.9. The van der Waals surface area contributed by atoms with E-state index >= 15 is 0 Å². The number of fused-ring (bicyclic) bond motifs is 1. The fraction of sp³-hybridized carbons (Fsp3) is 0.625. The lowest BCUT2D eigenvalue weighted by Crippen LogP contribution is -2.43. The molecule has 2 rings (SSSR count). The fourth-order valence-electron chi connectivity index (χ4n) is 2.85. The third-order valence-electron chi connectivity index (χ3n) is 4.34. The summed E-state index contributed by atoms with van der Waals surface area (Å²) in [5, 5.41) is 0. The van der Waals surface area contributed by atoms with Crippen LogP contribution in [-0.4, -0.2) is 19.1 Å². The number of benzene rings is 1. The Morgan fingerprint density at radius 1 is 1.33 bits per heavy atom. The van der Waals surface area contributed by atoms with Crippen LogP contribution < -0.4 is 10.6 Å². The summed E-state index contributed by atoms with van der Waals surface area (Å²) >= 11 is 0. The molecule has 0 aliphatic carbocycles. The van der Waals surface area contributed by atoms with Crippen LogP contribution in [0.25, 0.3) is 0 Å². The molecule has 1 aliphatic heterocycles. The van der Waals surface area contributed by atoms with E-state index in [9.17, 15) is 0 Å². The van der Waals surface area contributed by atoms with Gasteiger partial charge in [0, 0.05) is 18.3 Å². The zero-order valence-corrected chi connectivity index (χ0v) is 11.9. The first-order valence-electron chi connectivity index (χ1n) is 7.18. The van der Waals surface area contributed by atoms with Gasteiger partial charge in [-0.1, -0.05) is 32.0 Å². The van der Waals surface area contributed by atoms with E-state index in [2.05, 4.69) is 49.9 Å². The lowest BCUT2D eigenvalue weighted by Gasteiger charge is -2.40. The number of hydrogen-bond acceptors (Lipinski definition) is 2. The Kier molecular flexibility index (Phi) is 4.28. The summed E-state index contributed by atoms with van der Waals surface area (Å²) in [6, 6.07) is 9.46. The minimum atomic E-state index is 0.582. The molecule has 2 unspecified atom stereocenters. The number of rotatable bonds is 4. The summed E-state index contributed by atoms with van der Waals surface area (Å²) in [5.74, 6) is 1.23. The molecule has 0 bridgehead atoms. The van der Waals surface area contributed by atoms with Gasteiger partial charge in [-0.25, -0.2) is 0 Å². The largest absolute Gasteiger partial charge is 0.368 e. The Hall–Kier alpha value is -1.02. The van der Waals surface area contributed by atoms with E-state index in [0.29, 0.717) is 17.9 Å². The van der Waals surface area contributed by atoms with Gasteiger partial charge in [-0.2, -0.15) is 0 Å². The maximum absolute atomic E-state index is 5.93. The van der Waals surface area contributed by atoms with E-state index in [4.69, 9.17) is 5.73 Å². The van der Waals surface area contributed by atoms with Gasteiger partial charge in [0.25, 0.3) is 0 Å². The molecule has 1 aromatic carbocycles. The smallest absolute Gasteiger partial charge is 0.0401 e. The maximum atomic E-state index is 5.93. The van der Waals surface area contributed by atoms with Crippen LogP contribution in [0.5, 0.6) is 0 Å². The van der Waals surface area contributed by atoms with Gasteiger partial charge in [0.1, 0.15) is 0 Å². The van der Waals surface area contributed by atoms with E-state index in [1.807, 2.05) is 0 Å². The molecule has 0 fully saturated rings. The van der Waals surface area contributed by atoms with Crippen LogP contribution in [0.1, 0.15) is 32.8 Å². The molecule has 0 saturated carbocycles. The first-order chi connectivity index (χ1) is 8.63. The van der Waals surface area contributed by atoms with Crippen LogP contribution in [-0.2, 0) is 6.42 Å². The van der Waals surface area contributed by atoms with Crippen LogP contribution in [0.3, 0.4) is 0 Å². The quantitative estimate of drug-likeness (QED) is 0.884. The third-order valence-corrected chi connectivity index (χ3v) is 4.34. The Bertz CT molecular complexity index is 386. The van der Waals surface area contributed by atoms with Gasteiger partial charge in [-0.3, -0.25) is 0 Å². The number of aryl methyl sites for hydroxylation is 1. The molecule has 0 amide bonds. The highest BCUT2D eigenvalue weighted by Gasteiger charge is 2.25. The van der Waals surface area contributed by atoms with E-state index < -0.39 is 0 Å². The normalized spacial score (nSPS) is 20.9. The lowest BCUT2D eigenvalue weighted by molar-refractivity contribution is 0.374. The minimum Gasteiger partial charge on any atom is -0.368 e. The number of nitrogens with two attached hydrogens (primary N) is 1. The van der Waals surface area contributed by atoms with Crippen molar-refractivity contribution in [2.45, 2.75) is 39.7 Å². The highest BCUT2D eigenvalue weighted by molar-refractivity contribution is 5.56. The third kappa shape index (κ3) is 2.69. The molecule has 2 atom stereocenters. The highest BCUT2D eigenvalue weighted by Crippen LogP contribution is 2.31. The van der Waals surface area contributed by atoms with Crippen LogP contribution in [0.4, 0.5) is 5.69 Å². The van der Waals surface area contributed by atoms with Crippen molar-refractivity contribution in [2.75, 3.05) is 18.0 Å². The van der Waals surface area contributed by atoms with Crippen molar-refractivity contribution in [3.63, 3.8) is 0 Å². The predicted molar refractivity (Wildman–Crippen MR) is 79.0 cm³/mol. The maximum Gasteiger partial charge on any atom is 0.0401 e. The first kappa shape index (κ1) is 13.4. The molecular formula is C16H26N2. The highest BCUT2D eigenvalue weighted by atomic mass is 15.2. The lowest BCUT2D eigenvalue weighted by atomic mass is 9.91. The second kappa shape index (κ2) is 5.75. The molecule has 1 aromatic rings. The number of para-hydroxylation sites is 1. The van der Waals surface area contributed by atoms with Crippen LogP contribution in [0.15, 0.2) is 24.3 Å². The molecule has 0 radical (unpaired) electrons. The van der Waals surface area contributed by atoms with Crippen molar-refractivity contribution in [3.8, 4) is 0 Å². The van der Waals surface area contributed by atoms with Gasteiger partial charge in [-0.15, -0.1) is 0 Å². The fourth-order valence-corrected chi connectivity index (χ4v) is 2.85. The van der Waals surface area contributed by atoms with E-state index in [1.165, 1.54) is 24.1 Å². The summed E-state index contributed by atoms with van der Waals surface area (Å²) in [5.41, 5.74) is 8.85. The van der Waals surface area contributed by atoms with Gasteiger partial charge < -0.3 is 10.6 Å². The van der Waals surface area contributed by atoms with Crippen molar-refractivity contribution in [1.29, 1.82) is 0 Å². The average molecular weight is 246 g/mol. The van der Waals surface area contributed by atoms with Gasteiger partial charge >= 0.3 is 0 Å². The van der Waals surface area contributed by atoms with Gasteiger partial charge in [-0.05, 0) is 49.8 Å². The molecule has 1 heterocycles. The topological polar surface area (TPSA) is 29.3 Å². The minimum absolute atomic E-state index is 0.582. The SMILES string of the molecule is CC(C)C(CN)CN1c2ccccc2CCC1C. The van der Waals surface area contributed by atoms with Gasteiger partial charge in [0.15, 0.2) is 0 Å². The molecule has 18 heavy (non-hydrogen) atoms. The first-order valence-corrected chi connectivity index (χ1v) is 7.18. The van der Waals surface area contributed by atoms with Crippen molar-refractivity contribution in [2.24, 2.45) is 17.6 Å². The molecule has 2 N–H and O–H groups in total. The molecule has 2 nitrogen and oxygen atoms in total. The summed E-state index contributed by atoms with van der Waals surface area (Å²) < 4.78 is 0. The molecule has 1 aliphatic rings. The number of nitrogens with zero attached hydrogens (tertiary/aromatic N) is 1. The summed E-state index contributed by atoms with van der Waals surface area (Å²) in [4.78, 5) is 2.57. The number of hydrogen-bond donors (Lipinski definition) is 1. The average Bonchev–Trinajstić information content (AvgIpc) is 2.37. The standard InChI is InChI=1S/C16H26N2/c1-12(2)15(10-17)11-18-13(3)8-9-14-6-4-5-7-16(14)18/h4-7,12-13,15H,8-11,17H2,1-3H3. The second-order valence-corrected chi connectivity index (χ2v) is 5.91. The van der Waals surface area contributed by atoms with Crippen molar-refractivity contribution >= 4 is 5.69 Å². The predicted octanol–water partition coefficient (Wildman–Crippen LogP) is 3.06. The Morgan fingerprint density at radius 2 is 2.06 bits per heavy atom. The Balaban J connectivity index is 2.21. The zero-order chi connectivity index (χ0) is 13.1. The molecule has 100 valence electrons. The summed E-state index contributed by atoms with van der Waals surface area (Å²) in [6.07, 6.45) is 2.47. The molecule has 2 heteroatoms. The summed E-state index contributed by atoms with van der Waals surface area (Å²) in [6.45, 7) is 8.76. The molecule has 0 saturated heterocycles. The molecule has 0 spiro atoms. The van der Waals surface area contributed by atoms with Gasteiger partial charge in [0.05, 0.1) is 0 Å². The Morgan fingerprint density at radius 3 is 2.72 bits per heavy atom. The molecule has 0 aromatic heterocycles. The summed E-state index contributed by atoms with van der Waals surface area (Å²) in [7, 11) is 0. The van der Waals surface area contributed by atoms with Crippen LogP contribution >= 0.6 is 0 Å². The molecular weight excluding hydrogens is 220 g/mol. The van der Waals surface area contributed by atoms with E-state index in [-0.39, 0.29) is 0 Å². The number of anilines is 1. The monoisotopic (exact) mass is 246 g/mol. The van der Waals surface area contributed by atoms with Crippen LogP contribution in [0, 0.1) is 11.8 Å². The second-order valence-electron chi connectivity index (χ2n) is 5.91. The van der Waals surface area contributed by atoms with Gasteiger partial charge in [0.2, 0.25) is 0 Å². The van der Waals surface area contributed by atoms with Crippen molar-refractivity contribution in [3.05, 3.63) is 29.8 Å².